The van der Waals surface area contributed by atoms with Crippen molar-refractivity contribution in [3.63, 3.8) is 0 Å². The molecule has 144 valence electrons. The van der Waals surface area contributed by atoms with E-state index < -0.39 is 0 Å². The molecular weight excluding hydrogens is 372 g/mol. The van der Waals surface area contributed by atoms with E-state index in [4.69, 9.17) is 0 Å². The summed E-state index contributed by atoms with van der Waals surface area (Å²) < 4.78 is 0. The first-order valence-electron chi connectivity index (χ1n) is 9.14. The highest BCUT2D eigenvalue weighted by molar-refractivity contribution is 7.13. The molecule has 3 rings (SSSR count). The second-order valence-corrected chi connectivity index (χ2v) is 7.02. The molecule has 2 amide bonds. The van der Waals surface area contributed by atoms with Gasteiger partial charge in [0.25, 0.3) is 5.91 Å². The zero-order valence-electron chi connectivity index (χ0n) is 15.9. The summed E-state index contributed by atoms with van der Waals surface area (Å²) in [5, 5.41) is 5.58. The summed E-state index contributed by atoms with van der Waals surface area (Å²) in [5.74, 6) is -0.154. The Kier molecular flexibility index (Phi) is 6.49. The number of carbonyl (C=O) groups is 2. The lowest BCUT2D eigenvalue weighted by Gasteiger charge is -2.18. The Hall–Kier alpha value is -3.06. The fraction of sp³-hybridized carbons (Fsp3) is 0.238. The maximum atomic E-state index is 12.3. The number of benzene rings is 1. The van der Waals surface area contributed by atoms with Crippen LogP contribution in [0.5, 0.6) is 0 Å². The zero-order chi connectivity index (χ0) is 19.9. The Bertz CT molecular complexity index is 935. The van der Waals surface area contributed by atoms with Crippen LogP contribution in [0.15, 0.2) is 54.2 Å². The van der Waals surface area contributed by atoms with Crippen molar-refractivity contribution in [1.82, 2.24) is 14.9 Å². The smallest absolute Gasteiger partial charge is 0.253 e. The van der Waals surface area contributed by atoms with Crippen LogP contribution in [0.4, 0.5) is 5.69 Å². The van der Waals surface area contributed by atoms with Gasteiger partial charge in [-0.25, -0.2) is 4.98 Å². The van der Waals surface area contributed by atoms with Crippen molar-refractivity contribution in [3.8, 4) is 10.6 Å². The van der Waals surface area contributed by atoms with Crippen LogP contribution in [0.25, 0.3) is 10.6 Å². The molecule has 0 bridgehead atoms. The molecule has 2 aromatic heterocycles. The predicted molar refractivity (Wildman–Crippen MR) is 111 cm³/mol. The SMILES string of the molecule is CCN(CC)C(=O)c1ccc(NC(=O)Cc2csc(-c3cccnc3)n2)cc1. The molecule has 2 heterocycles. The van der Waals surface area contributed by atoms with Gasteiger partial charge in [-0.3, -0.25) is 14.6 Å². The van der Waals surface area contributed by atoms with Gasteiger partial charge in [0, 0.05) is 47.7 Å². The van der Waals surface area contributed by atoms with Crippen molar-refractivity contribution in [1.29, 1.82) is 0 Å². The van der Waals surface area contributed by atoms with E-state index in [0.717, 1.165) is 16.3 Å². The quantitative estimate of drug-likeness (QED) is 0.660. The number of nitrogens with one attached hydrogen (secondary N) is 1. The van der Waals surface area contributed by atoms with Crippen LogP contribution in [0.2, 0.25) is 0 Å². The molecule has 0 saturated heterocycles. The molecule has 0 radical (unpaired) electrons. The largest absolute Gasteiger partial charge is 0.339 e. The van der Waals surface area contributed by atoms with Gasteiger partial charge in [0.2, 0.25) is 5.91 Å². The minimum absolute atomic E-state index is 0.00622. The van der Waals surface area contributed by atoms with E-state index in [-0.39, 0.29) is 18.2 Å². The fourth-order valence-corrected chi connectivity index (χ4v) is 3.58. The van der Waals surface area contributed by atoms with Crippen molar-refractivity contribution >= 4 is 28.8 Å². The normalized spacial score (nSPS) is 10.5. The number of pyridine rings is 1. The number of hydrogen-bond acceptors (Lipinski definition) is 5. The first-order valence-corrected chi connectivity index (χ1v) is 10.0. The molecule has 7 heteroatoms. The first kappa shape index (κ1) is 19.7. The summed E-state index contributed by atoms with van der Waals surface area (Å²) in [6.07, 6.45) is 3.66. The maximum absolute atomic E-state index is 12.3. The molecule has 0 unspecified atom stereocenters. The second kappa shape index (κ2) is 9.23. The van der Waals surface area contributed by atoms with Gasteiger partial charge in [-0.1, -0.05) is 0 Å². The molecule has 3 aromatic rings. The Morgan fingerprint density at radius 3 is 2.50 bits per heavy atom. The highest BCUT2D eigenvalue weighted by Gasteiger charge is 2.13. The molecule has 0 aliphatic carbocycles. The van der Waals surface area contributed by atoms with E-state index in [1.54, 1.807) is 41.6 Å². The summed E-state index contributed by atoms with van der Waals surface area (Å²) >= 11 is 1.49. The van der Waals surface area contributed by atoms with E-state index in [9.17, 15) is 9.59 Å². The number of amides is 2. The number of nitrogens with zero attached hydrogens (tertiary/aromatic N) is 3. The average molecular weight is 395 g/mol. The maximum Gasteiger partial charge on any atom is 0.253 e. The van der Waals surface area contributed by atoms with Crippen LogP contribution in [0, 0.1) is 0 Å². The monoisotopic (exact) mass is 394 g/mol. The standard InChI is InChI=1S/C21H22N4O2S/c1-3-25(4-2)21(27)15-7-9-17(10-8-15)23-19(26)12-18-14-28-20(24-18)16-6-5-11-22-13-16/h5-11,13-14H,3-4,12H2,1-2H3,(H,23,26). The van der Waals surface area contributed by atoms with E-state index >= 15 is 0 Å². The Morgan fingerprint density at radius 1 is 1.11 bits per heavy atom. The van der Waals surface area contributed by atoms with Gasteiger partial charge in [-0.05, 0) is 50.2 Å². The zero-order valence-corrected chi connectivity index (χ0v) is 16.7. The molecule has 0 saturated carbocycles. The van der Waals surface area contributed by atoms with E-state index in [1.165, 1.54) is 11.3 Å². The van der Waals surface area contributed by atoms with Crippen molar-refractivity contribution in [2.75, 3.05) is 18.4 Å². The number of carbonyl (C=O) groups excluding carboxylic acids is 2. The van der Waals surface area contributed by atoms with E-state index in [1.807, 2.05) is 31.4 Å². The van der Waals surface area contributed by atoms with Crippen LogP contribution >= 0.6 is 11.3 Å². The summed E-state index contributed by atoms with van der Waals surface area (Å²) in [6.45, 7) is 5.24. The number of thiazole rings is 1. The fourth-order valence-electron chi connectivity index (χ4n) is 2.77. The molecule has 6 nitrogen and oxygen atoms in total. The molecule has 0 aliphatic heterocycles. The number of anilines is 1. The molecule has 1 N–H and O–H groups in total. The molecular formula is C21H22N4O2S. The summed E-state index contributed by atoms with van der Waals surface area (Å²) in [7, 11) is 0. The minimum atomic E-state index is -0.147. The lowest BCUT2D eigenvalue weighted by molar-refractivity contribution is -0.115. The van der Waals surface area contributed by atoms with Crippen molar-refractivity contribution in [2.24, 2.45) is 0 Å². The average Bonchev–Trinajstić information content (AvgIpc) is 3.18. The third kappa shape index (κ3) is 4.80. The Labute approximate surface area is 168 Å². The lowest BCUT2D eigenvalue weighted by Crippen LogP contribution is -2.30. The van der Waals surface area contributed by atoms with E-state index in [2.05, 4.69) is 15.3 Å². The minimum Gasteiger partial charge on any atom is -0.339 e. The molecule has 0 spiro atoms. The van der Waals surface area contributed by atoms with Crippen molar-refractivity contribution in [3.05, 3.63) is 65.4 Å². The molecule has 28 heavy (non-hydrogen) atoms. The van der Waals surface area contributed by atoms with Crippen LogP contribution < -0.4 is 5.32 Å². The third-order valence-electron chi connectivity index (χ3n) is 4.27. The van der Waals surface area contributed by atoms with Gasteiger partial charge < -0.3 is 10.2 Å². The number of hydrogen-bond donors (Lipinski definition) is 1. The molecule has 0 fully saturated rings. The predicted octanol–water partition coefficient (Wildman–Crippen LogP) is 3.87. The van der Waals surface area contributed by atoms with Gasteiger partial charge in [0.05, 0.1) is 12.1 Å². The third-order valence-corrected chi connectivity index (χ3v) is 5.21. The topological polar surface area (TPSA) is 75.2 Å². The summed E-state index contributed by atoms with van der Waals surface area (Å²) in [4.78, 5) is 35.0. The van der Waals surface area contributed by atoms with Crippen LogP contribution in [0.1, 0.15) is 29.9 Å². The van der Waals surface area contributed by atoms with Gasteiger partial charge in [0.15, 0.2) is 0 Å². The lowest BCUT2D eigenvalue weighted by atomic mass is 10.1. The molecule has 0 atom stereocenters. The van der Waals surface area contributed by atoms with Crippen LogP contribution in [-0.4, -0.2) is 39.8 Å². The van der Waals surface area contributed by atoms with Gasteiger partial charge in [-0.2, -0.15) is 0 Å². The molecule has 0 aliphatic rings. The van der Waals surface area contributed by atoms with Crippen LogP contribution in [0.3, 0.4) is 0 Å². The van der Waals surface area contributed by atoms with Gasteiger partial charge in [-0.15, -0.1) is 11.3 Å². The van der Waals surface area contributed by atoms with Gasteiger partial charge >= 0.3 is 0 Å². The van der Waals surface area contributed by atoms with Crippen molar-refractivity contribution < 1.29 is 9.59 Å². The van der Waals surface area contributed by atoms with E-state index in [0.29, 0.717) is 24.3 Å². The summed E-state index contributed by atoms with van der Waals surface area (Å²) in [5.41, 5.74) is 2.92. The van der Waals surface area contributed by atoms with Crippen molar-refractivity contribution in [2.45, 2.75) is 20.3 Å². The highest BCUT2D eigenvalue weighted by atomic mass is 32.1. The number of rotatable bonds is 7. The van der Waals surface area contributed by atoms with Crippen LogP contribution in [-0.2, 0) is 11.2 Å². The second-order valence-electron chi connectivity index (χ2n) is 6.17. The Morgan fingerprint density at radius 2 is 1.86 bits per heavy atom. The Balaban J connectivity index is 1.59. The summed E-state index contributed by atoms with van der Waals surface area (Å²) in [6, 6.07) is 10.8. The first-order chi connectivity index (χ1) is 13.6. The number of aromatic nitrogens is 2. The highest BCUT2D eigenvalue weighted by Crippen LogP contribution is 2.23. The van der Waals surface area contributed by atoms with Gasteiger partial charge in [0.1, 0.15) is 5.01 Å². The molecule has 1 aromatic carbocycles.